The Morgan fingerprint density at radius 3 is 2.77 bits per heavy atom. The first-order chi connectivity index (χ1) is 6.27. The van der Waals surface area contributed by atoms with E-state index < -0.39 is 0 Å². The number of hydrogen-bond acceptors (Lipinski definition) is 2. The van der Waals surface area contributed by atoms with Crippen molar-refractivity contribution < 1.29 is 4.42 Å². The fraction of sp³-hybridized carbons (Fsp3) is 0.636. The second-order valence-corrected chi connectivity index (χ2v) is 3.62. The molecule has 0 spiro atoms. The van der Waals surface area contributed by atoms with Crippen LogP contribution in [0.5, 0.6) is 0 Å². The van der Waals surface area contributed by atoms with Crippen LogP contribution in [0, 0.1) is 5.92 Å². The van der Waals surface area contributed by atoms with Crippen molar-refractivity contribution in [1.29, 1.82) is 0 Å². The highest BCUT2D eigenvalue weighted by Gasteiger charge is 2.14. The molecule has 0 saturated carbocycles. The molecule has 1 rings (SSSR count). The Morgan fingerprint density at radius 1 is 1.54 bits per heavy atom. The summed E-state index contributed by atoms with van der Waals surface area (Å²) in [7, 11) is 2.02. The van der Waals surface area contributed by atoms with Crippen molar-refractivity contribution in [1.82, 2.24) is 5.32 Å². The zero-order valence-electron chi connectivity index (χ0n) is 8.71. The minimum absolute atomic E-state index is 0.558. The maximum absolute atomic E-state index is 5.05. The molecule has 13 heavy (non-hydrogen) atoms. The smallest absolute Gasteiger partial charge is 0.0935 e. The lowest BCUT2D eigenvalue weighted by atomic mass is 9.94. The quantitative estimate of drug-likeness (QED) is 0.754. The molecule has 1 aromatic rings. The van der Waals surface area contributed by atoms with Crippen LogP contribution in [0.25, 0.3) is 0 Å². The lowest BCUT2D eigenvalue weighted by Gasteiger charge is -2.21. The van der Waals surface area contributed by atoms with E-state index in [4.69, 9.17) is 4.42 Å². The summed E-state index contributed by atoms with van der Waals surface area (Å²) in [6.45, 7) is 4.51. The summed E-state index contributed by atoms with van der Waals surface area (Å²) in [5, 5.41) is 3.35. The van der Waals surface area contributed by atoms with Crippen molar-refractivity contribution in [3.8, 4) is 0 Å². The van der Waals surface area contributed by atoms with Crippen molar-refractivity contribution in [3.05, 3.63) is 24.2 Å². The van der Waals surface area contributed by atoms with E-state index in [2.05, 4.69) is 19.2 Å². The zero-order valence-corrected chi connectivity index (χ0v) is 8.71. The third-order valence-electron chi connectivity index (χ3n) is 2.74. The Bertz CT molecular complexity index is 218. The Hall–Kier alpha value is -0.760. The minimum atomic E-state index is 0.558. The van der Waals surface area contributed by atoms with E-state index >= 15 is 0 Å². The Labute approximate surface area is 80.3 Å². The van der Waals surface area contributed by atoms with E-state index in [9.17, 15) is 0 Å². The molecular formula is C11H19NO. The first-order valence-corrected chi connectivity index (χ1v) is 4.96. The summed E-state index contributed by atoms with van der Waals surface area (Å²) in [4.78, 5) is 0. The van der Waals surface area contributed by atoms with Crippen LogP contribution in [0.4, 0.5) is 0 Å². The van der Waals surface area contributed by atoms with Crippen molar-refractivity contribution in [2.24, 2.45) is 5.92 Å². The standard InChI is InChI=1S/C11H19NO/c1-4-9(2)11(12-3)7-10-5-6-13-8-10/h5-6,8-9,11-12H,4,7H2,1-3H3. The van der Waals surface area contributed by atoms with Gasteiger partial charge in [-0.3, -0.25) is 0 Å². The number of hydrogen-bond donors (Lipinski definition) is 1. The van der Waals surface area contributed by atoms with Crippen molar-refractivity contribution in [2.45, 2.75) is 32.7 Å². The number of likely N-dealkylation sites (N-methyl/N-ethyl adjacent to an activating group) is 1. The Balaban J connectivity index is 2.49. The van der Waals surface area contributed by atoms with E-state index in [0.29, 0.717) is 12.0 Å². The number of furan rings is 1. The lowest BCUT2D eigenvalue weighted by molar-refractivity contribution is 0.385. The maximum atomic E-state index is 5.05. The van der Waals surface area contributed by atoms with Gasteiger partial charge in [-0.1, -0.05) is 20.3 Å². The molecule has 2 unspecified atom stereocenters. The van der Waals surface area contributed by atoms with E-state index in [1.54, 1.807) is 6.26 Å². The van der Waals surface area contributed by atoms with Crippen molar-refractivity contribution in [3.63, 3.8) is 0 Å². The molecule has 0 amide bonds. The minimum Gasteiger partial charge on any atom is -0.472 e. The number of rotatable bonds is 5. The lowest BCUT2D eigenvalue weighted by Crippen LogP contribution is -2.33. The van der Waals surface area contributed by atoms with Gasteiger partial charge in [0.05, 0.1) is 12.5 Å². The summed E-state index contributed by atoms with van der Waals surface area (Å²) in [5.74, 6) is 0.708. The monoisotopic (exact) mass is 181 g/mol. The van der Waals surface area contributed by atoms with Crippen LogP contribution in [0.1, 0.15) is 25.8 Å². The summed E-state index contributed by atoms with van der Waals surface area (Å²) in [6, 6.07) is 2.59. The molecule has 0 radical (unpaired) electrons. The van der Waals surface area contributed by atoms with Crippen LogP contribution in [-0.4, -0.2) is 13.1 Å². The summed E-state index contributed by atoms with van der Waals surface area (Å²) < 4.78 is 5.05. The SMILES string of the molecule is CCC(C)C(Cc1ccoc1)NC. The zero-order chi connectivity index (χ0) is 9.68. The van der Waals surface area contributed by atoms with Crippen molar-refractivity contribution >= 4 is 0 Å². The third kappa shape index (κ3) is 2.88. The first kappa shape index (κ1) is 10.3. The van der Waals surface area contributed by atoms with Gasteiger partial charge in [-0.15, -0.1) is 0 Å². The topological polar surface area (TPSA) is 25.2 Å². The molecule has 0 bridgehead atoms. The first-order valence-electron chi connectivity index (χ1n) is 4.96. The van der Waals surface area contributed by atoms with Gasteiger partial charge in [0.15, 0.2) is 0 Å². The molecule has 0 aliphatic carbocycles. The third-order valence-corrected chi connectivity index (χ3v) is 2.74. The van der Waals surface area contributed by atoms with Crippen LogP contribution in [0.2, 0.25) is 0 Å². The van der Waals surface area contributed by atoms with Gasteiger partial charge in [0.2, 0.25) is 0 Å². The summed E-state index contributed by atoms with van der Waals surface area (Å²) in [6.07, 6.45) is 5.83. The van der Waals surface area contributed by atoms with E-state index in [-0.39, 0.29) is 0 Å². The average molecular weight is 181 g/mol. The average Bonchev–Trinajstić information content (AvgIpc) is 2.65. The molecule has 74 valence electrons. The predicted molar refractivity (Wildman–Crippen MR) is 54.7 cm³/mol. The molecule has 0 aliphatic heterocycles. The van der Waals surface area contributed by atoms with Gasteiger partial charge >= 0.3 is 0 Å². The second-order valence-electron chi connectivity index (χ2n) is 3.62. The molecule has 0 aliphatic rings. The van der Waals surface area contributed by atoms with Crippen LogP contribution >= 0.6 is 0 Å². The molecule has 1 heterocycles. The molecule has 2 heteroatoms. The molecule has 0 fully saturated rings. The summed E-state index contributed by atoms with van der Waals surface area (Å²) in [5.41, 5.74) is 1.28. The van der Waals surface area contributed by atoms with Gasteiger partial charge in [-0.2, -0.15) is 0 Å². The van der Waals surface area contributed by atoms with Gasteiger partial charge < -0.3 is 9.73 Å². The van der Waals surface area contributed by atoms with Gasteiger partial charge in [0.25, 0.3) is 0 Å². The van der Waals surface area contributed by atoms with E-state index in [1.165, 1.54) is 12.0 Å². The Morgan fingerprint density at radius 2 is 2.31 bits per heavy atom. The molecule has 2 atom stereocenters. The van der Waals surface area contributed by atoms with Crippen LogP contribution in [0.15, 0.2) is 23.0 Å². The number of nitrogens with one attached hydrogen (secondary N) is 1. The van der Waals surface area contributed by atoms with Crippen LogP contribution in [-0.2, 0) is 6.42 Å². The van der Waals surface area contributed by atoms with E-state index in [0.717, 1.165) is 6.42 Å². The molecular weight excluding hydrogens is 162 g/mol. The van der Waals surface area contributed by atoms with Crippen LogP contribution in [0.3, 0.4) is 0 Å². The normalized spacial score (nSPS) is 15.6. The molecule has 0 aromatic carbocycles. The molecule has 1 N–H and O–H groups in total. The van der Waals surface area contributed by atoms with Gasteiger partial charge in [0, 0.05) is 6.04 Å². The second kappa shape index (κ2) is 5.07. The van der Waals surface area contributed by atoms with E-state index in [1.807, 2.05) is 19.4 Å². The summed E-state index contributed by atoms with van der Waals surface area (Å²) >= 11 is 0. The van der Waals surface area contributed by atoms with Gasteiger partial charge in [0.1, 0.15) is 0 Å². The molecule has 2 nitrogen and oxygen atoms in total. The van der Waals surface area contributed by atoms with Gasteiger partial charge in [-0.05, 0) is 31.0 Å². The highest BCUT2D eigenvalue weighted by Crippen LogP contribution is 2.13. The fourth-order valence-electron chi connectivity index (χ4n) is 1.54. The Kier molecular flexibility index (Phi) is 4.03. The highest BCUT2D eigenvalue weighted by atomic mass is 16.3. The van der Waals surface area contributed by atoms with Crippen molar-refractivity contribution in [2.75, 3.05) is 7.05 Å². The van der Waals surface area contributed by atoms with Crippen LogP contribution < -0.4 is 5.32 Å². The predicted octanol–water partition coefficient (Wildman–Crippen LogP) is 2.46. The highest BCUT2D eigenvalue weighted by molar-refractivity contribution is 5.07. The fourth-order valence-corrected chi connectivity index (χ4v) is 1.54. The molecule has 0 saturated heterocycles. The van der Waals surface area contributed by atoms with Gasteiger partial charge in [-0.25, -0.2) is 0 Å². The maximum Gasteiger partial charge on any atom is 0.0935 e. The largest absolute Gasteiger partial charge is 0.472 e. The molecule has 1 aromatic heterocycles.